The molecule has 0 aliphatic heterocycles. The summed E-state index contributed by atoms with van der Waals surface area (Å²) in [6.07, 6.45) is 5.50. The molecule has 1 rings (SSSR count). The van der Waals surface area contributed by atoms with E-state index in [1.165, 1.54) is 25.7 Å². The van der Waals surface area contributed by atoms with E-state index in [1.807, 2.05) is 0 Å². The lowest BCUT2D eigenvalue weighted by Gasteiger charge is -2.32. The molecular formula is C11H23N. The third-order valence-corrected chi connectivity index (χ3v) is 3.31. The molecule has 1 saturated carbocycles. The minimum atomic E-state index is 0.496. The van der Waals surface area contributed by atoms with Crippen LogP contribution < -0.4 is 5.73 Å². The van der Waals surface area contributed by atoms with Gasteiger partial charge >= 0.3 is 0 Å². The Morgan fingerprint density at radius 3 is 2.42 bits per heavy atom. The van der Waals surface area contributed by atoms with E-state index >= 15 is 0 Å². The van der Waals surface area contributed by atoms with Crippen LogP contribution >= 0.6 is 0 Å². The van der Waals surface area contributed by atoms with Gasteiger partial charge in [0.25, 0.3) is 0 Å². The average molecular weight is 169 g/mol. The number of hydrogen-bond acceptors (Lipinski definition) is 1. The zero-order valence-electron chi connectivity index (χ0n) is 8.77. The summed E-state index contributed by atoms with van der Waals surface area (Å²) in [6.45, 7) is 7.97. The summed E-state index contributed by atoms with van der Waals surface area (Å²) in [5.41, 5.74) is 6.11. The molecule has 0 bridgehead atoms. The fraction of sp³-hybridized carbons (Fsp3) is 1.00. The maximum Gasteiger partial charge on any atom is -0.00745 e. The molecule has 0 aromatic carbocycles. The van der Waals surface area contributed by atoms with E-state index in [0.717, 1.165) is 18.4 Å². The molecule has 0 radical (unpaired) electrons. The van der Waals surface area contributed by atoms with Crippen molar-refractivity contribution in [1.29, 1.82) is 0 Å². The van der Waals surface area contributed by atoms with Crippen LogP contribution in [0.15, 0.2) is 0 Å². The fourth-order valence-electron chi connectivity index (χ4n) is 2.74. The Morgan fingerprint density at radius 1 is 1.25 bits per heavy atom. The molecule has 0 amide bonds. The summed E-state index contributed by atoms with van der Waals surface area (Å²) in [4.78, 5) is 0. The molecule has 0 spiro atoms. The zero-order valence-corrected chi connectivity index (χ0v) is 8.77. The molecule has 1 fully saturated rings. The molecule has 1 aliphatic rings. The largest absolute Gasteiger partial charge is 0.330 e. The molecule has 1 nitrogen and oxygen atoms in total. The summed E-state index contributed by atoms with van der Waals surface area (Å²) >= 11 is 0. The van der Waals surface area contributed by atoms with Crippen LogP contribution in [0.5, 0.6) is 0 Å². The first-order valence-electron chi connectivity index (χ1n) is 5.26. The van der Waals surface area contributed by atoms with Crippen LogP contribution in [0.2, 0.25) is 0 Å². The van der Waals surface area contributed by atoms with Gasteiger partial charge in [-0.3, -0.25) is 0 Å². The smallest absolute Gasteiger partial charge is 0.00745 e. The maximum atomic E-state index is 5.61. The molecular weight excluding hydrogens is 146 g/mol. The van der Waals surface area contributed by atoms with Crippen LogP contribution in [0.25, 0.3) is 0 Å². The Bertz CT molecular complexity index is 134. The van der Waals surface area contributed by atoms with E-state index < -0.39 is 0 Å². The van der Waals surface area contributed by atoms with Crippen molar-refractivity contribution in [3.63, 3.8) is 0 Å². The summed E-state index contributed by atoms with van der Waals surface area (Å²) in [7, 11) is 0. The molecule has 0 saturated heterocycles. The van der Waals surface area contributed by atoms with Crippen LogP contribution in [-0.4, -0.2) is 6.54 Å². The molecule has 2 atom stereocenters. The predicted molar refractivity (Wildman–Crippen MR) is 54.0 cm³/mol. The van der Waals surface area contributed by atoms with Crippen molar-refractivity contribution >= 4 is 0 Å². The lowest BCUT2D eigenvalue weighted by molar-refractivity contribution is 0.180. The van der Waals surface area contributed by atoms with Crippen molar-refractivity contribution < 1.29 is 0 Å². The van der Waals surface area contributed by atoms with Crippen molar-refractivity contribution in [2.24, 2.45) is 23.0 Å². The Balaban J connectivity index is 2.52. The number of hydrogen-bond donors (Lipinski definition) is 1. The number of rotatable bonds is 2. The molecule has 0 aromatic rings. The van der Waals surface area contributed by atoms with E-state index in [9.17, 15) is 0 Å². The first kappa shape index (κ1) is 10.0. The first-order valence-corrected chi connectivity index (χ1v) is 5.26. The van der Waals surface area contributed by atoms with Gasteiger partial charge in [0.15, 0.2) is 0 Å². The van der Waals surface area contributed by atoms with Gasteiger partial charge in [0.2, 0.25) is 0 Å². The molecule has 72 valence electrons. The van der Waals surface area contributed by atoms with Gasteiger partial charge in [0.1, 0.15) is 0 Å². The molecule has 0 heterocycles. The lowest BCUT2D eigenvalue weighted by Crippen LogP contribution is -2.25. The van der Waals surface area contributed by atoms with Gasteiger partial charge in [0, 0.05) is 0 Å². The summed E-state index contributed by atoms with van der Waals surface area (Å²) in [5.74, 6) is 1.83. The second-order valence-electron chi connectivity index (χ2n) is 5.24. The number of nitrogens with two attached hydrogens (primary N) is 1. The quantitative estimate of drug-likeness (QED) is 0.676. The SMILES string of the molecule is CC(C)(C)C1CCCC1CCN. The van der Waals surface area contributed by atoms with E-state index in [4.69, 9.17) is 5.73 Å². The topological polar surface area (TPSA) is 26.0 Å². The van der Waals surface area contributed by atoms with Crippen LogP contribution in [0.4, 0.5) is 0 Å². The fourth-order valence-corrected chi connectivity index (χ4v) is 2.74. The zero-order chi connectivity index (χ0) is 9.19. The predicted octanol–water partition coefficient (Wildman–Crippen LogP) is 2.80. The molecule has 1 heteroatoms. The van der Waals surface area contributed by atoms with Crippen molar-refractivity contribution in [1.82, 2.24) is 0 Å². The van der Waals surface area contributed by atoms with Crippen molar-refractivity contribution in [2.75, 3.05) is 6.54 Å². The van der Waals surface area contributed by atoms with Gasteiger partial charge < -0.3 is 5.73 Å². The molecule has 1 aliphatic carbocycles. The van der Waals surface area contributed by atoms with E-state index in [-0.39, 0.29) is 0 Å². The van der Waals surface area contributed by atoms with Gasteiger partial charge in [-0.2, -0.15) is 0 Å². The van der Waals surface area contributed by atoms with E-state index in [2.05, 4.69) is 20.8 Å². The second-order valence-corrected chi connectivity index (χ2v) is 5.24. The lowest BCUT2D eigenvalue weighted by atomic mass is 9.74. The minimum absolute atomic E-state index is 0.496. The van der Waals surface area contributed by atoms with Gasteiger partial charge in [-0.25, -0.2) is 0 Å². The molecule has 0 aromatic heterocycles. The molecule has 2 N–H and O–H groups in total. The van der Waals surface area contributed by atoms with Crippen LogP contribution in [0, 0.1) is 17.3 Å². The summed E-state index contributed by atoms with van der Waals surface area (Å²) < 4.78 is 0. The maximum absolute atomic E-state index is 5.61. The Morgan fingerprint density at radius 2 is 1.92 bits per heavy atom. The van der Waals surface area contributed by atoms with E-state index in [0.29, 0.717) is 5.41 Å². The highest BCUT2D eigenvalue weighted by atomic mass is 14.5. The third-order valence-electron chi connectivity index (χ3n) is 3.31. The Hall–Kier alpha value is -0.0400. The highest BCUT2D eigenvalue weighted by molar-refractivity contribution is 4.85. The van der Waals surface area contributed by atoms with Crippen LogP contribution in [0.3, 0.4) is 0 Å². The molecule has 12 heavy (non-hydrogen) atoms. The van der Waals surface area contributed by atoms with Gasteiger partial charge in [-0.05, 0) is 36.6 Å². The standard InChI is InChI=1S/C11H23N/c1-11(2,3)10-6-4-5-9(10)7-8-12/h9-10H,4-8,12H2,1-3H3. The summed E-state index contributed by atoms with van der Waals surface area (Å²) in [6, 6.07) is 0. The highest BCUT2D eigenvalue weighted by Crippen LogP contribution is 2.44. The van der Waals surface area contributed by atoms with Gasteiger partial charge in [0.05, 0.1) is 0 Å². The second kappa shape index (κ2) is 3.78. The van der Waals surface area contributed by atoms with E-state index in [1.54, 1.807) is 0 Å². The first-order chi connectivity index (χ1) is 5.55. The van der Waals surface area contributed by atoms with Gasteiger partial charge in [-0.15, -0.1) is 0 Å². The Kier molecular flexibility index (Phi) is 3.16. The third kappa shape index (κ3) is 2.22. The minimum Gasteiger partial charge on any atom is -0.330 e. The normalized spacial score (nSPS) is 31.0. The van der Waals surface area contributed by atoms with Crippen molar-refractivity contribution in [3.05, 3.63) is 0 Å². The van der Waals surface area contributed by atoms with Crippen molar-refractivity contribution in [3.8, 4) is 0 Å². The van der Waals surface area contributed by atoms with Crippen molar-refractivity contribution in [2.45, 2.75) is 46.5 Å². The van der Waals surface area contributed by atoms with Gasteiger partial charge in [-0.1, -0.05) is 33.6 Å². The Labute approximate surface area is 76.7 Å². The average Bonchev–Trinajstić information content (AvgIpc) is 2.34. The molecule has 2 unspecified atom stereocenters. The monoisotopic (exact) mass is 169 g/mol. The van der Waals surface area contributed by atoms with Crippen LogP contribution in [-0.2, 0) is 0 Å². The summed E-state index contributed by atoms with van der Waals surface area (Å²) in [5, 5.41) is 0. The highest BCUT2D eigenvalue weighted by Gasteiger charge is 2.34. The van der Waals surface area contributed by atoms with Crippen LogP contribution in [0.1, 0.15) is 46.5 Å².